The van der Waals surface area contributed by atoms with E-state index in [9.17, 15) is 0 Å². The average Bonchev–Trinajstić information content (AvgIpc) is 3.08. The molecule has 0 radical (unpaired) electrons. The van der Waals surface area contributed by atoms with Gasteiger partial charge in [0.1, 0.15) is 5.00 Å². The Hall–Kier alpha value is -1.70. The van der Waals surface area contributed by atoms with Gasteiger partial charge in [0.05, 0.1) is 11.0 Å². The van der Waals surface area contributed by atoms with Crippen molar-refractivity contribution in [3.8, 4) is 0 Å². The first-order valence-corrected chi connectivity index (χ1v) is 12.6. The maximum absolute atomic E-state index is 4.83. The van der Waals surface area contributed by atoms with Crippen molar-refractivity contribution in [3.05, 3.63) is 75.7 Å². The molecule has 1 saturated heterocycles. The van der Waals surface area contributed by atoms with E-state index in [1.165, 1.54) is 32.5 Å². The predicted molar refractivity (Wildman–Crippen MR) is 147 cm³/mol. The second kappa shape index (κ2) is 11.6. The molecule has 4 heterocycles. The van der Waals surface area contributed by atoms with Crippen molar-refractivity contribution in [1.29, 1.82) is 0 Å². The number of halogens is 2. The quantitative estimate of drug-likeness (QED) is 0.503. The molecule has 0 bridgehead atoms. The Morgan fingerprint density at radius 1 is 1.12 bits per heavy atom. The maximum Gasteiger partial charge on any atom is 0.102 e. The van der Waals surface area contributed by atoms with Crippen molar-refractivity contribution in [2.45, 2.75) is 24.3 Å². The largest absolute Gasteiger partial charge is 0.366 e. The molecule has 4 nitrogen and oxygen atoms in total. The van der Waals surface area contributed by atoms with E-state index in [2.05, 4.69) is 77.8 Å². The molecule has 176 valence electrons. The number of pyridine rings is 1. The van der Waals surface area contributed by atoms with Crippen LogP contribution in [0.15, 0.2) is 59.6 Å². The number of piperazine rings is 1. The van der Waals surface area contributed by atoms with Crippen LogP contribution in [0.1, 0.15) is 16.9 Å². The number of thiophene rings is 1. The number of rotatable bonds is 5. The molecule has 3 aromatic rings. The number of nitrogens with one attached hydrogen (secondary N) is 1. The van der Waals surface area contributed by atoms with Gasteiger partial charge < -0.3 is 10.2 Å². The first-order chi connectivity index (χ1) is 15.2. The molecular formula is C25H30Cl2N4S2. The van der Waals surface area contributed by atoms with Crippen molar-refractivity contribution in [2.75, 3.05) is 37.8 Å². The molecule has 2 aliphatic rings. The van der Waals surface area contributed by atoms with Gasteiger partial charge >= 0.3 is 0 Å². The summed E-state index contributed by atoms with van der Waals surface area (Å²) in [5.74, 6) is 1.13. The number of fused-ring (bicyclic) bond motifs is 2. The van der Waals surface area contributed by atoms with Crippen molar-refractivity contribution in [3.63, 3.8) is 0 Å². The monoisotopic (exact) mass is 520 g/mol. The second-order valence-electron chi connectivity index (χ2n) is 8.21. The number of hydrogen-bond acceptors (Lipinski definition) is 6. The summed E-state index contributed by atoms with van der Waals surface area (Å²) in [5, 5.41) is 7.01. The van der Waals surface area contributed by atoms with Crippen LogP contribution in [-0.4, -0.2) is 53.3 Å². The average molecular weight is 522 g/mol. The van der Waals surface area contributed by atoms with Gasteiger partial charge in [0.15, 0.2) is 0 Å². The molecule has 0 aliphatic carbocycles. The zero-order chi connectivity index (χ0) is 21.2. The Balaban J connectivity index is 0.00000153. The van der Waals surface area contributed by atoms with Gasteiger partial charge in [-0.15, -0.1) is 47.9 Å². The molecule has 2 aliphatic heterocycles. The minimum Gasteiger partial charge on any atom is -0.366 e. The standard InChI is InChI=1S/C25H28N4S2.2ClH/c1-18-15-22-24(23-19(7-6-11-26-23)16-27-25(22)31-18)29-13-12-28(2)20(17-29)10-14-30-21-8-4-3-5-9-21;;/h3-9,11,15-16,20,27H,10,12-14,17H2,1-2H3;2*1H. The number of aromatic nitrogens is 1. The lowest BCUT2D eigenvalue weighted by Crippen LogP contribution is -2.52. The molecule has 0 spiro atoms. The molecule has 1 unspecified atom stereocenters. The fraction of sp³-hybridized carbons (Fsp3) is 0.320. The van der Waals surface area contributed by atoms with Gasteiger partial charge in [-0.05, 0) is 56.5 Å². The number of thioether (sulfide) groups is 1. The highest BCUT2D eigenvalue weighted by Crippen LogP contribution is 2.35. The molecule has 33 heavy (non-hydrogen) atoms. The predicted octanol–water partition coefficient (Wildman–Crippen LogP) is 4.41. The summed E-state index contributed by atoms with van der Waals surface area (Å²) in [6, 6.07) is 17.8. The van der Waals surface area contributed by atoms with E-state index in [1.807, 2.05) is 35.4 Å². The van der Waals surface area contributed by atoms with E-state index in [1.54, 1.807) is 0 Å². The molecular weight excluding hydrogens is 491 g/mol. The molecule has 5 rings (SSSR count). The van der Waals surface area contributed by atoms with Crippen LogP contribution in [0.3, 0.4) is 0 Å². The highest BCUT2D eigenvalue weighted by atomic mass is 35.5. The van der Waals surface area contributed by atoms with E-state index in [0.717, 1.165) is 36.0 Å². The molecule has 1 fully saturated rings. The molecule has 0 amide bonds. The third-order valence-corrected chi connectivity index (χ3v) is 8.12. The summed E-state index contributed by atoms with van der Waals surface area (Å²) in [6.45, 7) is 5.32. The Morgan fingerprint density at radius 2 is 1.94 bits per heavy atom. The zero-order valence-corrected chi connectivity index (χ0v) is 22.1. The normalized spacial score (nSPS) is 17.5. The minimum absolute atomic E-state index is 0. The highest BCUT2D eigenvalue weighted by Gasteiger charge is 2.28. The lowest BCUT2D eigenvalue weighted by atomic mass is 10.1. The van der Waals surface area contributed by atoms with Gasteiger partial charge in [-0.3, -0.25) is 9.88 Å². The number of aryl methyl sites for hydroxylation is 1. The lowest BCUT2D eigenvalue weighted by Gasteiger charge is -2.41. The van der Waals surface area contributed by atoms with E-state index in [0.29, 0.717) is 6.04 Å². The van der Waals surface area contributed by atoms with E-state index in [-0.39, 0.29) is 24.8 Å². The summed E-state index contributed by atoms with van der Waals surface area (Å²) in [6.07, 6.45) is 5.20. The van der Waals surface area contributed by atoms with Gasteiger partial charge in [-0.25, -0.2) is 0 Å². The summed E-state index contributed by atoms with van der Waals surface area (Å²) in [5.41, 5.74) is 2.57. The molecule has 8 heteroatoms. The summed E-state index contributed by atoms with van der Waals surface area (Å²) in [4.78, 5) is 12.6. The van der Waals surface area contributed by atoms with Gasteiger partial charge in [0.2, 0.25) is 0 Å². The second-order valence-corrected chi connectivity index (χ2v) is 10.6. The Kier molecular flexibility index (Phi) is 9.13. The van der Waals surface area contributed by atoms with E-state index in [4.69, 9.17) is 4.98 Å². The molecule has 2 aromatic heterocycles. The number of anilines is 1. The molecule has 0 saturated carbocycles. The Morgan fingerprint density at radius 3 is 2.76 bits per heavy atom. The Labute approximate surface area is 216 Å². The van der Waals surface area contributed by atoms with Gasteiger partial charge in [0, 0.05) is 58.6 Å². The van der Waals surface area contributed by atoms with Gasteiger partial charge in [-0.1, -0.05) is 18.2 Å². The third kappa shape index (κ3) is 5.69. The number of hydrogen-bond donors (Lipinski definition) is 1. The van der Waals surface area contributed by atoms with Gasteiger partial charge in [0.25, 0.3) is 0 Å². The summed E-state index contributed by atoms with van der Waals surface area (Å²) in [7, 11) is 2.27. The summed E-state index contributed by atoms with van der Waals surface area (Å²) < 4.78 is 0. The number of nitrogens with zero attached hydrogens (tertiary/aromatic N) is 3. The summed E-state index contributed by atoms with van der Waals surface area (Å²) >= 11 is 3.78. The van der Waals surface area contributed by atoms with Crippen LogP contribution in [0.5, 0.6) is 0 Å². The van der Waals surface area contributed by atoms with Crippen LogP contribution in [0.2, 0.25) is 0 Å². The highest BCUT2D eigenvalue weighted by molar-refractivity contribution is 7.99. The smallest absolute Gasteiger partial charge is 0.102 e. The van der Waals surface area contributed by atoms with E-state index >= 15 is 0 Å². The molecule has 1 aromatic carbocycles. The van der Waals surface area contributed by atoms with Crippen molar-refractivity contribution in [1.82, 2.24) is 14.8 Å². The Bertz CT molecular complexity index is 1180. The van der Waals surface area contributed by atoms with E-state index < -0.39 is 0 Å². The van der Waals surface area contributed by atoms with Crippen LogP contribution in [0, 0.1) is 6.92 Å². The van der Waals surface area contributed by atoms with Crippen LogP contribution in [0.25, 0.3) is 11.9 Å². The lowest BCUT2D eigenvalue weighted by molar-refractivity contribution is 0.132. The van der Waals surface area contributed by atoms with Crippen molar-refractivity contribution < 1.29 is 0 Å². The fourth-order valence-corrected chi connectivity index (χ4v) is 6.27. The zero-order valence-electron chi connectivity index (χ0n) is 18.9. The van der Waals surface area contributed by atoms with Crippen molar-refractivity contribution >= 4 is 64.8 Å². The van der Waals surface area contributed by atoms with Gasteiger partial charge in [-0.2, -0.15) is 0 Å². The first kappa shape index (κ1) is 25.9. The third-order valence-electron chi connectivity index (χ3n) is 6.09. The minimum atomic E-state index is 0. The van der Waals surface area contributed by atoms with Crippen LogP contribution in [-0.2, 0) is 0 Å². The molecule has 1 N–H and O–H groups in total. The number of benzene rings is 1. The number of likely N-dealkylation sites (N-methyl/N-ethyl adjacent to an activating group) is 1. The molecule has 1 atom stereocenters. The van der Waals surface area contributed by atoms with Crippen LogP contribution < -0.4 is 15.9 Å². The topological polar surface area (TPSA) is 31.4 Å². The maximum atomic E-state index is 4.83. The SMILES string of the molecule is Cc1cc2c(s1)NC=c1cccnc1=C2N1CCN(C)C(CCSc2ccccc2)C1.Cl.Cl. The fourth-order valence-electron chi connectivity index (χ4n) is 4.41. The van der Waals surface area contributed by atoms with Crippen molar-refractivity contribution in [2.24, 2.45) is 0 Å². The van der Waals surface area contributed by atoms with Crippen LogP contribution in [0.4, 0.5) is 5.00 Å². The van der Waals surface area contributed by atoms with Crippen LogP contribution >= 0.6 is 47.9 Å². The first-order valence-electron chi connectivity index (χ1n) is 10.8.